The van der Waals surface area contributed by atoms with Crippen molar-refractivity contribution < 1.29 is 4.79 Å². The summed E-state index contributed by atoms with van der Waals surface area (Å²) in [7, 11) is 0. The number of fused-ring (bicyclic) bond motifs is 1. The first-order chi connectivity index (χ1) is 9.72. The molecule has 108 valence electrons. The van der Waals surface area contributed by atoms with Crippen molar-refractivity contribution >= 4 is 46.5 Å². The van der Waals surface area contributed by atoms with Gasteiger partial charge in [-0.15, -0.1) is 0 Å². The van der Waals surface area contributed by atoms with E-state index in [0.717, 1.165) is 35.6 Å². The molecule has 3 rings (SSSR count). The first-order valence-corrected chi connectivity index (χ1v) is 9.08. The third-order valence-electron chi connectivity index (χ3n) is 3.58. The second-order valence-corrected chi connectivity index (χ2v) is 7.65. The van der Waals surface area contributed by atoms with Crippen molar-refractivity contribution in [1.29, 1.82) is 0 Å². The number of carbonyl (C=O) groups excluding carboxylic acids is 1. The van der Waals surface area contributed by atoms with E-state index in [9.17, 15) is 4.79 Å². The Hall–Kier alpha value is -1.01. The Labute approximate surface area is 127 Å². The Balaban J connectivity index is 1.69. The molecule has 0 aliphatic carbocycles. The molecule has 2 heterocycles. The summed E-state index contributed by atoms with van der Waals surface area (Å²) in [6.45, 7) is 0.925. The molecule has 1 saturated heterocycles. The first-order valence-electron chi connectivity index (χ1n) is 6.88. The average Bonchev–Trinajstić information content (AvgIpc) is 2.46. The van der Waals surface area contributed by atoms with Crippen LogP contribution < -0.4 is 16.4 Å². The van der Waals surface area contributed by atoms with Crippen molar-refractivity contribution in [2.24, 2.45) is 0 Å². The van der Waals surface area contributed by atoms with Gasteiger partial charge in [0.25, 0.3) is 0 Å². The van der Waals surface area contributed by atoms with Crippen LogP contribution in [0.5, 0.6) is 0 Å². The second-order valence-electron chi connectivity index (χ2n) is 5.09. The van der Waals surface area contributed by atoms with Gasteiger partial charge in [-0.25, -0.2) is 0 Å². The van der Waals surface area contributed by atoms with Crippen LogP contribution in [0.2, 0.25) is 0 Å². The van der Waals surface area contributed by atoms with Gasteiger partial charge >= 0.3 is 0 Å². The van der Waals surface area contributed by atoms with Crippen molar-refractivity contribution in [3.05, 3.63) is 17.7 Å². The van der Waals surface area contributed by atoms with Crippen LogP contribution in [0.15, 0.2) is 12.1 Å². The van der Waals surface area contributed by atoms with Crippen molar-refractivity contribution in [3.8, 4) is 0 Å². The number of hydrogen-bond acceptors (Lipinski definition) is 5. The predicted molar refractivity (Wildman–Crippen MR) is 89.9 cm³/mol. The number of benzene rings is 1. The molecule has 0 radical (unpaired) electrons. The summed E-state index contributed by atoms with van der Waals surface area (Å²) in [5, 5.41) is 7.00. The number of amides is 1. The number of carbonyl (C=O) groups is 1. The fourth-order valence-corrected chi connectivity index (χ4v) is 5.09. The number of rotatable bonds is 3. The molecule has 1 aromatic carbocycles. The highest BCUT2D eigenvalue weighted by Gasteiger charge is 2.18. The maximum Gasteiger partial charge on any atom is 0.224 e. The fraction of sp³-hybridized carbons (Fsp3) is 0.500. The summed E-state index contributed by atoms with van der Waals surface area (Å²) in [6, 6.07) is 3.96. The Morgan fingerprint density at radius 1 is 1.35 bits per heavy atom. The highest BCUT2D eigenvalue weighted by Crippen LogP contribution is 2.32. The normalized spacial score (nSPS) is 22.0. The average molecular weight is 309 g/mol. The summed E-state index contributed by atoms with van der Waals surface area (Å²) in [4.78, 5) is 11.5. The van der Waals surface area contributed by atoms with E-state index in [2.05, 4.69) is 10.6 Å². The lowest BCUT2D eigenvalue weighted by Crippen LogP contribution is -2.24. The van der Waals surface area contributed by atoms with Gasteiger partial charge in [-0.1, -0.05) is 0 Å². The summed E-state index contributed by atoms with van der Waals surface area (Å²) in [5.74, 6) is 3.77. The van der Waals surface area contributed by atoms with Gasteiger partial charge in [-0.3, -0.25) is 4.79 Å². The van der Waals surface area contributed by atoms with Crippen LogP contribution in [0.4, 0.5) is 17.1 Å². The largest absolute Gasteiger partial charge is 0.397 e. The van der Waals surface area contributed by atoms with E-state index in [4.69, 9.17) is 5.73 Å². The van der Waals surface area contributed by atoms with E-state index < -0.39 is 0 Å². The topological polar surface area (TPSA) is 67.2 Å². The summed E-state index contributed by atoms with van der Waals surface area (Å²) >= 11 is 4.04. The Kier molecular flexibility index (Phi) is 4.31. The first kappa shape index (κ1) is 13.9. The minimum Gasteiger partial charge on any atom is -0.397 e. The lowest BCUT2D eigenvalue weighted by atomic mass is 10.0. The molecular weight excluding hydrogens is 290 g/mol. The molecule has 0 spiro atoms. The van der Waals surface area contributed by atoms with Crippen LogP contribution in [0, 0.1) is 0 Å². The minimum atomic E-state index is 0.0902. The molecule has 1 unspecified atom stereocenters. The molecule has 4 N–H and O–H groups in total. The van der Waals surface area contributed by atoms with Gasteiger partial charge in [-0.05, 0) is 24.1 Å². The van der Waals surface area contributed by atoms with Gasteiger partial charge in [0.05, 0.1) is 11.4 Å². The molecule has 20 heavy (non-hydrogen) atoms. The number of nitrogens with two attached hydrogens (primary N) is 1. The fourth-order valence-electron chi connectivity index (χ4n) is 2.48. The highest BCUT2D eigenvalue weighted by atomic mass is 32.2. The maximum absolute atomic E-state index is 11.5. The zero-order valence-corrected chi connectivity index (χ0v) is 12.9. The third kappa shape index (κ3) is 3.17. The molecule has 6 heteroatoms. The lowest BCUT2D eigenvalue weighted by molar-refractivity contribution is -0.116. The van der Waals surface area contributed by atoms with Crippen LogP contribution >= 0.6 is 23.5 Å². The zero-order valence-electron chi connectivity index (χ0n) is 11.3. The van der Waals surface area contributed by atoms with E-state index >= 15 is 0 Å². The molecule has 0 aromatic heterocycles. The minimum absolute atomic E-state index is 0.0902. The monoisotopic (exact) mass is 309 g/mol. The van der Waals surface area contributed by atoms with Gasteiger partial charge in [0.15, 0.2) is 0 Å². The van der Waals surface area contributed by atoms with Crippen molar-refractivity contribution in [2.75, 3.05) is 40.2 Å². The molecule has 1 amide bonds. The van der Waals surface area contributed by atoms with Crippen molar-refractivity contribution in [2.45, 2.75) is 18.1 Å². The quantitative estimate of drug-likeness (QED) is 0.748. The van der Waals surface area contributed by atoms with E-state index in [-0.39, 0.29) is 5.91 Å². The standard InChI is InChI=1S/C14H19N3OS2/c15-11-5-9-1-2-14(18)17-12(9)6-13(11)16-7-10-8-19-3-4-20-10/h5-6,10,16H,1-4,7-8,15H2,(H,17,18). The van der Waals surface area contributed by atoms with Crippen molar-refractivity contribution in [1.82, 2.24) is 0 Å². The SMILES string of the molecule is Nc1cc2c(cc1NCC1CSCCS1)NC(=O)CC2. The molecule has 0 saturated carbocycles. The van der Waals surface area contributed by atoms with Crippen LogP contribution in [-0.2, 0) is 11.2 Å². The number of nitrogen functional groups attached to an aromatic ring is 1. The molecule has 1 aromatic rings. The van der Waals surface area contributed by atoms with Crippen LogP contribution in [-0.4, -0.2) is 35.0 Å². The van der Waals surface area contributed by atoms with E-state index in [1.54, 1.807) is 0 Å². The van der Waals surface area contributed by atoms with Crippen LogP contribution in [0.3, 0.4) is 0 Å². The highest BCUT2D eigenvalue weighted by molar-refractivity contribution is 8.06. The Bertz CT molecular complexity index is 515. The van der Waals surface area contributed by atoms with Gasteiger partial charge < -0.3 is 16.4 Å². The van der Waals surface area contributed by atoms with Gasteiger partial charge in [0.1, 0.15) is 0 Å². The van der Waals surface area contributed by atoms with Gasteiger partial charge in [0, 0.05) is 41.2 Å². The number of thioether (sulfide) groups is 2. The molecule has 2 aliphatic rings. The zero-order chi connectivity index (χ0) is 13.9. The van der Waals surface area contributed by atoms with Crippen LogP contribution in [0.25, 0.3) is 0 Å². The smallest absolute Gasteiger partial charge is 0.224 e. The van der Waals surface area contributed by atoms with E-state index in [1.165, 1.54) is 17.3 Å². The number of anilines is 3. The number of hydrogen-bond donors (Lipinski definition) is 3. The summed E-state index contributed by atoms with van der Waals surface area (Å²) in [6.07, 6.45) is 1.33. The molecule has 1 fully saturated rings. The third-order valence-corrected chi connectivity index (χ3v) is 6.42. The molecule has 1 atom stereocenters. The number of nitrogens with one attached hydrogen (secondary N) is 2. The molecular formula is C14H19N3OS2. The van der Waals surface area contributed by atoms with Crippen molar-refractivity contribution in [3.63, 3.8) is 0 Å². The molecule has 4 nitrogen and oxygen atoms in total. The number of aryl methyl sites for hydroxylation is 1. The molecule has 2 aliphatic heterocycles. The van der Waals surface area contributed by atoms with E-state index in [1.807, 2.05) is 35.7 Å². The van der Waals surface area contributed by atoms with Crippen LogP contribution in [0.1, 0.15) is 12.0 Å². The molecule has 0 bridgehead atoms. The Morgan fingerprint density at radius 2 is 2.25 bits per heavy atom. The maximum atomic E-state index is 11.5. The second kappa shape index (κ2) is 6.18. The summed E-state index contributed by atoms with van der Waals surface area (Å²) in [5.41, 5.74) is 9.85. The lowest BCUT2D eigenvalue weighted by Gasteiger charge is -2.23. The Morgan fingerprint density at radius 3 is 3.05 bits per heavy atom. The van der Waals surface area contributed by atoms with E-state index in [0.29, 0.717) is 11.7 Å². The summed E-state index contributed by atoms with van der Waals surface area (Å²) < 4.78 is 0. The predicted octanol–water partition coefficient (Wildman–Crippen LogP) is 2.41. The van der Waals surface area contributed by atoms with Gasteiger partial charge in [-0.2, -0.15) is 23.5 Å². The van der Waals surface area contributed by atoms with Gasteiger partial charge in [0.2, 0.25) is 5.91 Å².